The maximum atomic E-state index is 12.6. The summed E-state index contributed by atoms with van der Waals surface area (Å²) >= 11 is 0. The lowest BCUT2D eigenvalue weighted by Gasteiger charge is -2.47. The third-order valence-corrected chi connectivity index (χ3v) is 6.17. The highest BCUT2D eigenvalue weighted by Gasteiger charge is 2.44. The maximum absolute atomic E-state index is 12.6. The van der Waals surface area contributed by atoms with Gasteiger partial charge in [0.25, 0.3) is 0 Å². The molecule has 1 N–H and O–H groups in total. The molecule has 1 unspecified atom stereocenters. The Morgan fingerprint density at radius 1 is 1.23 bits per heavy atom. The Labute approximate surface area is 182 Å². The van der Waals surface area contributed by atoms with Crippen LogP contribution in [0.1, 0.15) is 36.0 Å². The number of hydrogen-bond donors (Lipinski definition) is 1. The number of ether oxygens (including phenoxy) is 2. The number of likely N-dealkylation sites (tertiary alicyclic amines) is 1. The molecule has 2 aromatic rings. The van der Waals surface area contributed by atoms with Crippen LogP contribution in [0, 0.1) is 0 Å². The van der Waals surface area contributed by atoms with Gasteiger partial charge in [-0.25, -0.2) is 0 Å². The van der Waals surface area contributed by atoms with Crippen LogP contribution < -0.4 is 5.32 Å². The highest BCUT2D eigenvalue weighted by atomic mass is 16.5. The third kappa shape index (κ3) is 4.94. The molecule has 1 fully saturated rings. The van der Waals surface area contributed by atoms with Crippen LogP contribution in [0.25, 0.3) is 0 Å². The molecule has 0 saturated carbocycles. The maximum Gasteiger partial charge on any atom is 0.248 e. The van der Waals surface area contributed by atoms with Gasteiger partial charge in [-0.3, -0.25) is 14.6 Å². The molecule has 2 aliphatic heterocycles. The van der Waals surface area contributed by atoms with Crippen molar-refractivity contribution in [1.82, 2.24) is 15.2 Å². The predicted octanol–water partition coefficient (Wildman–Crippen LogP) is 2.19. The summed E-state index contributed by atoms with van der Waals surface area (Å²) in [4.78, 5) is 30.7. The topological polar surface area (TPSA) is 80.8 Å². The summed E-state index contributed by atoms with van der Waals surface area (Å²) in [6, 6.07) is 12.1. The van der Waals surface area contributed by atoms with Crippen molar-refractivity contribution in [2.45, 2.75) is 43.9 Å². The van der Waals surface area contributed by atoms with Gasteiger partial charge < -0.3 is 19.7 Å². The molecular formula is C24H29N3O4. The van der Waals surface area contributed by atoms with Crippen LogP contribution in [0.3, 0.4) is 0 Å². The fraction of sp³-hybridized carbons (Fsp3) is 0.458. The fourth-order valence-electron chi connectivity index (χ4n) is 4.63. The Morgan fingerprint density at radius 3 is 2.77 bits per heavy atom. The van der Waals surface area contributed by atoms with E-state index in [2.05, 4.69) is 22.4 Å². The molecule has 2 amide bonds. The van der Waals surface area contributed by atoms with Crippen molar-refractivity contribution in [2.75, 3.05) is 26.8 Å². The zero-order valence-electron chi connectivity index (χ0n) is 17.9. The second-order valence-electron chi connectivity index (χ2n) is 8.25. The van der Waals surface area contributed by atoms with Gasteiger partial charge in [0.05, 0.1) is 18.1 Å². The lowest BCUT2D eigenvalue weighted by atomic mass is 9.78. The summed E-state index contributed by atoms with van der Waals surface area (Å²) < 4.78 is 11.6. The molecule has 3 heterocycles. The Morgan fingerprint density at radius 2 is 2.03 bits per heavy atom. The number of rotatable bonds is 6. The van der Waals surface area contributed by atoms with Gasteiger partial charge in [-0.15, -0.1) is 0 Å². The molecular weight excluding hydrogens is 394 g/mol. The summed E-state index contributed by atoms with van der Waals surface area (Å²) in [5.41, 5.74) is 2.94. The van der Waals surface area contributed by atoms with Crippen molar-refractivity contribution < 1.29 is 19.1 Å². The Kier molecular flexibility index (Phi) is 6.63. The molecule has 1 aromatic carbocycles. The number of methoxy groups -OCH3 is 1. The number of fused-ring (bicyclic) bond motifs is 2. The van der Waals surface area contributed by atoms with E-state index in [4.69, 9.17) is 9.47 Å². The van der Waals surface area contributed by atoms with Gasteiger partial charge in [-0.1, -0.05) is 30.3 Å². The number of aromatic nitrogens is 1. The lowest BCUT2D eigenvalue weighted by Crippen LogP contribution is -2.51. The number of hydrogen-bond acceptors (Lipinski definition) is 5. The van der Waals surface area contributed by atoms with Crippen molar-refractivity contribution in [3.63, 3.8) is 0 Å². The molecule has 4 rings (SSSR count). The smallest absolute Gasteiger partial charge is 0.248 e. The molecule has 1 aromatic heterocycles. The van der Waals surface area contributed by atoms with E-state index in [1.54, 1.807) is 12.4 Å². The number of carbonyl (C=O) groups is 2. The highest BCUT2D eigenvalue weighted by Crippen LogP contribution is 2.43. The minimum atomic E-state index is -0.451. The standard InChI is InChI=1S/C24H29N3O4/c1-30-17-23(29)27-11-8-24(9-12-27)21-7-3-2-6-19(21)13-20(31-24)14-22(28)26-16-18-5-4-10-25-15-18/h2-7,10,15,20H,8-9,11-14,16-17H2,1H3,(H,26,28). The van der Waals surface area contributed by atoms with Crippen LogP contribution in [0.2, 0.25) is 0 Å². The van der Waals surface area contributed by atoms with Crippen molar-refractivity contribution in [3.8, 4) is 0 Å². The number of amides is 2. The molecule has 164 valence electrons. The van der Waals surface area contributed by atoms with Gasteiger partial charge in [-0.2, -0.15) is 0 Å². The van der Waals surface area contributed by atoms with Gasteiger partial charge >= 0.3 is 0 Å². The van der Waals surface area contributed by atoms with Crippen LogP contribution in [-0.2, 0) is 37.6 Å². The molecule has 0 radical (unpaired) electrons. The van der Waals surface area contributed by atoms with Gasteiger partial charge in [0.15, 0.2) is 0 Å². The van der Waals surface area contributed by atoms with Gasteiger partial charge in [0, 0.05) is 39.1 Å². The zero-order chi connectivity index (χ0) is 21.7. The second-order valence-corrected chi connectivity index (χ2v) is 8.25. The summed E-state index contributed by atoms with van der Waals surface area (Å²) in [7, 11) is 1.54. The van der Waals surface area contributed by atoms with Crippen molar-refractivity contribution in [1.29, 1.82) is 0 Å². The minimum Gasteiger partial charge on any atom is -0.375 e. The van der Waals surface area contributed by atoms with E-state index in [1.165, 1.54) is 18.2 Å². The molecule has 31 heavy (non-hydrogen) atoms. The quantitative estimate of drug-likeness (QED) is 0.770. The van der Waals surface area contributed by atoms with Gasteiger partial charge in [-0.05, 0) is 42.0 Å². The molecule has 7 nitrogen and oxygen atoms in total. The van der Waals surface area contributed by atoms with E-state index in [0.717, 1.165) is 5.56 Å². The highest BCUT2D eigenvalue weighted by molar-refractivity contribution is 5.77. The number of nitrogens with one attached hydrogen (secondary N) is 1. The van der Waals surface area contributed by atoms with Crippen molar-refractivity contribution in [3.05, 3.63) is 65.5 Å². The van der Waals surface area contributed by atoms with Crippen LogP contribution >= 0.6 is 0 Å². The van der Waals surface area contributed by atoms with Crippen LogP contribution in [0.5, 0.6) is 0 Å². The largest absolute Gasteiger partial charge is 0.375 e. The third-order valence-electron chi connectivity index (χ3n) is 6.17. The Hall–Kier alpha value is -2.77. The van der Waals surface area contributed by atoms with Crippen molar-refractivity contribution in [2.24, 2.45) is 0 Å². The molecule has 0 aliphatic carbocycles. The Balaban J connectivity index is 1.42. The first-order valence-corrected chi connectivity index (χ1v) is 10.8. The van der Waals surface area contributed by atoms with E-state index in [1.807, 2.05) is 29.2 Å². The molecule has 1 atom stereocenters. The van der Waals surface area contributed by atoms with Crippen molar-refractivity contribution >= 4 is 11.8 Å². The average Bonchev–Trinajstić information content (AvgIpc) is 2.79. The summed E-state index contributed by atoms with van der Waals surface area (Å²) in [6.45, 7) is 1.80. The molecule has 1 saturated heterocycles. The molecule has 2 aliphatic rings. The number of benzene rings is 1. The molecule has 0 bridgehead atoms. The lowest BCUT2D eigenvalue weighted by molar-refractivity contribution is -0.158. The van der Waals surface area contributed by atoms with Crippen LogP contribution in [-0.4, -0.2) is 54.6 Å². The molecule has 7 heteroatoms. The SMILES string of the molecule is COCC(=O)N1CCC2(CC1)OC(CC(=O)NCc1cccnc1)Cc1ccccc12. The minimum absolute atomic E-state index is 0.00720. The average molecular weight is 424 g/mol. The van der Waals surface area contributed by atoms with E-state index >= 15 is 0 Å². The zero-order valence-corrected chi connectivity index (χ0v) is 17.9. The molecule has 1 spiro atoms. The van der Waals surface area contributed by atoms with E-state index in [-0.39, 0.29) is 24.5 Å². The first-order valence-electron chi connectivity index (χ1n) is 10.8. The number of pyridine rings is 1. The summed E-state index contributed by atoms with van der Waals surface area (Å²) in [5.74, 6) is -0.0242. The normalized spacial score (nSPS) is 19.6. The number of carbonyl (C=O) groups excluding carboxylic acids is 2. The summed E-state index contributed by atoms with van der Waals surface area (Å²) in [5, 5.41) is 2.97. The van der Waals surface area contributed by atoms with E-state index in [0.29, 0.717) is 45.3 Å². The second kappa shape index (κ2) is 9.58. The predicted molar refractivity (Wildman–Crippen MR) is 115 cm³/mol. The van der Waals surface area contributed by atoms with Crippen LogP contribution in [0.4, 0.5) is 0 Å². The van der Waals surface area contributed by atoms with Crippen LogP contribution in [0.15, 0.2) is 48.8 Å². The van der Waals surface area contributed by atoms with E-state index in [9.17, 15) is 9.59 Å². The number of nitrogens with zero attached hydrogens (tertiary/aromatic N) is 2. The number of piperidine rings is 1. The monoisotopic (exact) mass is 423 g/mol. The van der Waals surface area contributed by atoms with E-state index < -0.39 is 5.60 Å². The first-order chi connectivity index (χ1) is 15.1. The van der Waals surface area contributed by atoms with Gasteiger partial charge in [0.1, 0.15) is 6.61 Å². The first kappa shape index (κ1) is 21.5. The Bertz CT molecular complexity index is 910. The summed E-state index contributed by atoms with van der Waals surface area (Å²) in [6.07, 6.45) is 5.73. The fourth-order valence-corrected chi connectivity index (χ4v) is 4.63. The van der Waals surface area contributed by atoms with Gasteiger partial charge in [0.2, 0.25) is 11.8 Å².